The van der Waals surface area contributed by atoms with Crippen LogP contribution in [0.4, 0.5) is 0 Å². The highest BCUT2D eigenvalue weighted by Crippen LogP contribution is 2.22. The van der Waals surface area contributed by atoms with E-state index in [-0.39, 0.29) is 17.2 Å². The van der Waals surface area contributed by atoms with Crippen LogP contribution in [-0.2, 0) is 19.1 Å². The van der Waals surface area contributed by atoms with E-state index in [1.165, 1.54) is 12.1 Å². The normalized spacial score (nSPS) is 14.7. The zero-order valence-corrected chi connectivity index (χ0v) is 15.8. The van der Waals surface area contributed by atoms with Crippen LogP contribution in [0.3, 0.4) is 0 Å². The SMILES string of the molecule is NC(=O)c1ccccc1OCC(=O)O[C@H](C(=O)N1CCOCC1)c1ccccc1. The fourth-order valence-electron chi connectivity index (χ4n) is 2.94. The van der Waals surface area contributed by atoms with Crippen LogP contribution in [0.15, 0.2) is 54.6 Å². The number of ether oxygens (including phenoxy) is 3. The number of nitrogens with zero attached hydrogens (tertiary/aromatic N) is 1. The average molecular weight is 398 g/mol. The molecule has 0 unspecified atom stereocenters. The van der Waals surface area contributed by atoms with Crippen molar-refractivity contribution < 1.29 is 28.6 Å². The summed E-state index contributed by atoms with van der Waals surface area (Å²) in [6, 6.07) is 15.1. The van der Waals surface area contributed by atoms with Crippen LogP contribution in [0, 0.1) is 0 Å². The molecule has 2 N–H and O–H groups in total. The van der Waals surface area contributed by atoms with Crippen molar-refractivity contribution in [2.75, 3.05) is 32.9 Å². The molecule has 1 aliphatic rings. The average Bonchev–Trinajstić information content (AvgIpc) is 2.77. The Hall–Kier alpha value is -3.39. The van der Waals surface area contributed by atoms with Crippen LogP contribution in [0.1, 0.15) is 22.0 Å². The van der Waals surface area contributed by atoms with Gasteiger partial charge in [0.2, 0.25) is 6.10 Å². The maximum atomic E-state index is 12.9. The first-order valence-electron chi connectivity index (χ1n) is 9.19. The Morgan fingerprint density at radius 3 is 2.34 bits per heavy atom. The van der Waals surface area contributed by atoms with Crippen LogP contribution in [0.5, 0.6) is 5.75 Å². The van der Waals surface area contributed by atoms with Gasteiger partial charge in [-0.1, -0.05) is 42.5 Å². The summed E-state index contributed by atoms with van der Waals surface area (Å²) in [5, 5.41) is 0. The molecule has 8 nitrogen and oxygen atoms in total. The van der Waals surface area contributed by atoms with Gasteiger partial charge in [-0.3, -0.25) is 9.59 Å². The Morgan fingerprint density at radius 1 is 1.00 bits per heavy atom. The summed E-state index contributed by atoms with van der Waals surface area (Å²) in [4.78, 5) is 38.4. The van der Waals surface area contributed by atoms with Crippen LogP contribution >= 0.6 is 0 Å². The van der Waals surface area contributed by atoms with E-state index in [2.05, 4.69) is 0 Å². The van der Waals surface area contributed by atoms with E-state index in [1.807, 2.05) is 6.07 Å². The molecule has 0 aromatic heterocycles. The molecule has 0 bridgehead atoms. The van der Waals surface area contributed by atoms with Gasteiger partial charge in [0.1, 0.15) is 5.75 Å². The molecular formula is C21H22N2O6. The van der Waals surface area contributed by atoms with Gasteiger partial charge >= 0.3 is 5.97 Å². The second kappa shape index (κ2) is 9.70. The fourth-order valence-corrected chi connectivity index (χ4v) is 2.94. The Bertz CT molecular complexity index is 864. The van der Waals surface area contributed by atoms with Crippen molar-refractivity contribution in [3.8, 4) is 5.75 Å². The highest BCUT2D eigenvalue weighted by atomic mass is 16.6. The lowest BCUT2D eigenvalue weighted by Crippen LogP contribution is -2.44. The Morgan fingerprint density at radius 2 is 1.66 bits per heavy atom. The molecule has 1 atom stereocenters. The number of para-hydroxylation sites is 1. The molecule has 1 heterocycles. The summed E-state index contributed by atoms with van der Waals surface area (Å²) < 4.78 is 16.1. The maximum Gasteiger partial charge on any atom is 0.345 e. The minimum Gasteiger partial charge on any atom is -0.481 e. The molecule has 3 rings (SSSR count). The Kier molecular flexibility index (Phi) is 6.80. The Balaban J connectivity index is 1.70. The molecule has 2 aromatic carbocycles. The molecule has 1 fully saturated rings. The number of hydrogen-bond donors (Lipinski definition) is 1. The quantitative estimate of drug-likeness (QED) is 0.705. The van der Waals surface area contributed by atoms with Crippen molar-refractivity contribution in [2.24, 2.45) is 5.73 Å². The molecule has 1 saturated heterocycles. The van der Waals surface area contributed by atoms with E-state index >= 15 is 0 Å². The van der Waals surface area contributed by atoms with Gasteiger partial charge in [-0.15, -0.1) is 0 Å². The summed E-state index contributed by atoms with van der Waals surface area (Å²) in [6.45, 7) is 1.27. The molecule has 2 amide bonds. The van der Waals surface area contributed by atoms with Crippen molar-refractivity contribution in [3.63, 3.8) is 0 Å². The number of benzene rings is 2. The lowest BCUT2D eigenvalue weighted by Gasteiger charge is -2.30. The van der Waals surface area contributed by atoms with Crippen molar-refractivity contribution in [1.82, 2.24) is 4.90 Å². The standard InChI is InChI=1S/C21H22N2O6/c22-20(25)16-8-4-5-9-17(16)28-14-18(24)29-19(15-6-2-1-3-7-15)21(26)23-10-12-27-13-11-23/h1-9,19H,10-14H2,(H2,22,25)/t19-/m0/s1. The lowest BCUT2D eigenvalue weighted by molar-refractivity contribution is -0.164. The zero-order chi connectivity index (χ0) is 20.6. The van der Waals surface area contributed by atoms with Crippen molar-refractivity contribution in [2.45, 2.75) is 6.10 Å². The van der Waals surface area contributed by atoms with E-state index in [4.69, 9.17) is 19.9 Å². The van der Waals surface area contributed by atoms with Crippen LogP contribution in [0.2, 0.25) is 0 Å². The predicted octanol–water partition coefficient (Wildman–Crippen LogP) is 1.31. The number of hydrogen-bond acceptors (Lipinski definition) is 6. The number of primary amides is 1. The monoisotopic (exact) mass is 398 g/mol. The second-order valence-corrected chi connectivity index (χ2v) is 6.37. The molecule has 0 spiro atoms. The third-order valence-corrected chi connectivity index (χ3v) is 4.40. The maximum absolute atomic E-state index is 12.9. The van der Waals surface area contributed by atoms with Crippen molar-refractivity contribution in [1.29, 1.82) is 0 Å². The first-order valence-corrected chi connectivity index (χ1v) is 9.19. The summed E-state index contributed by atoms with van der Waals surface area (Å²) in [6.07, 6.45) is -1.09. The predicted molar refractivity (Wildman–Crippen MR) is 103 cm³/mol. The van der Waals surface area contributed by atoms with E-state index < -0.39 is 24.6 Å². The molecule has 152 valence electrons. The molecule has 1 aliphatic heterocycles. The number of morpholine rings is 1. The first kappa shape index (κ1) is 20.3. The van der Waals surface area contributed by atoms with Crippen molar-refractivity contribution >= 4 is 17.8 Å². The van der Waals surface area contributed by atoms with Gasteiger partial charge in [0.05, 0.1) is 18.8 Å². The number of rotatable bonds is 7. The minimum atomic E-state index is -1.09. The third-order valence-electron chi connectivity index (χ3n) is 4.40. The zero-order valence-electron chi connectivity index (χ0n) is 15.8. The lowest BCUT2D eigenvalue weighted by atomic mass is 10.1. The van der Waals surface area contributed by atoms with Crippen molar-refractivity contribution in [3.05, 3.63) is 65.7 Å². The van der Waals surface area contributed by atoms with Crippen LogP contribution < -0.4 is 10.5 Å². The highest BCUT2D eigenvalue weighted by molar-refractivity contribution is 5.95. The molecular weight excluding hydrogens is 376 g/mol. The van der Waals surface area contributed by atoms with Gasteiger partial charge in [-0.05, 0) is 12.1 Å². The van der Waals surface area contributed by atoms with Gasteiger partial charge in [-0.2, -0.15) is 0 Å². The van der Waals surface area contributed by atoms with E-state index in [0.717, 1.165) is 0 Å². The fraction of sp³-hybridized carbons (Fsp3) is 0.286. The largest absolute Gasteiger partial charge is 0.481 e. The van der Waals surface area contributed by atoms with Crippen LogP contribution in [-0.4, -0.2) is 55.6 Å². The van der Waals surface area contributed by atoms with Gasteiger partial charge in [0, 0.05) is 18.7 Å². The summed E-state index contributed by atoms with van der Waals surface area (Å²) >= 11 is 0. The third kappa shape index (κ3) is 5.32. The number of esters is 1. The van der Waals surface area contributed by atoms with Crippen LogP contribution in [0.25, 0.3) is 0 Å². The van der Waals surface area contributed by atoms with Gasteiger partial charge in [-0.25, -0.2) is 4.79 Å². The molecule has 8 heteroatoms. The molecule has 0 aliphatic carbocycles. The van der Waals surface area contributed by atoms with Gasteiger partial charge in [0.25, 0.3) is 11.8 Å². The first-order chi connectivity index (χ1) is 14.1. The number of carbonyl (C=O) groups is 3. The number of amides is 2. The van der Waals surface area contributed by atoms with Gasteiger partial charge < -0.3 is 24.8 Å². The molecule has 2 aromatic rings. The second-order valence-electron chi connectivity index (χ2n) is 6.37. The molecule has 29 heavy (non-hydrogen) atoms. The van der Waals surface area contributed by atoms with E-state index in [9.17, 15) is 14.4 Å². The molecule has 0 radical (unpaired) electrons. The summed E-state index contributed by atoms with van der Waals surface area (Å²) in [5.74, 6) is -1.54. The summed E-state index contributed by atoms with van der Waals surface area (Å²) in [5.41, 5.74) is 6.03. The van der Waals surface area contributed by atoms with Gasteiger partial charge in [0.15, 0.2) is 6.61 Å². The van der Waals surface area contributed by atoms with E-state index in [0.29, 0.717) is 31.9 Å². The topological polar surface area (TPSA) is 108 Å². The molecule has 0 saturated carbocycles. The number of nitrogens with two attached hydrogens (primary N) is 1. The Labute approximate surface area is 168 Å². The smallest absolute Gasteiger partial charge is 0.345 e. The van der Waals surface area contributed by atoms with E-state index in [1.54, 1.807) is 41.3 Å². The minimum absolute atomic E-state index is 0.157. The summed E-state index contributed by atoms with van der Waals surface area (Å²) in [7, 11) is 0. The number of carbonyl (C=O) groups excluding carboxylic acids is 3. The highest BCUT2D eigenvalue weighted by Gasteiger charge is 2.30.